The summed E-state index contributed by atoms with van der Waals surface area (Å²) in [5.74, 6) is 0.197. The van der Waals surface area contributed by atoms with Gasteiger partial charge in [0.1, 0.15) is 5.75 Å². The van der Waals surface area contributed by atoms with Crippen LogP contribution in [0.25, 0.3) is 11.1 Å². The second-order valence-corrected chi connectivity index (χ2v) is 11.7. The molecule has 0 heterocycles. The predicted octanol–water partition coefficient (Wildman–Crippen LogP) is 6.88. The standard InChI is InChI=1S/C36H40BrN3O3/c37-33-13-6-8-28(23-33)24-35(42)40(21-18-27-14-16-34(41)17-15-27)26-29-9-5-10-30(22-29)31-11-7-12-32(25-31)36(43)39-20-4-2-1-3-19-38/h5-17,22-23,25,41H,1-4,18-21,24,26,38H2,(H,39,43). The lowest BCUT2D eigenvalue weighted by atomic mass is 10.0. The summed E-state index contributed by atoms with van der Waals surface area (Å²) < 4.78 is 0.944. The van der Waals surface area contributed by atoms with Gasteiger partial charge in [0.05, 0.1) is 6.42 Å². The van der Waals surface area contributed by atoms with Crippen molar-refractivity contribution in [1.82, 2.24) is 10.2 Å². The van der Waals surface area contributed by atoms with Gasteiger partial charge in [0, 0.05) is 29.7 Å². The van der Waals surface area contributed by atoms with Crippen molar-refractivity contribution in [3.05, 3.63) is 124 Å². The molecule has 224 valence electrons. The Morgan fingerprint density at radius 3 is 2.23 bits per heavy atom. The van der Waals surface area contributed by atoms with Crippen molar-refractivity contribution in [2.45, 2.75) is 45.1 Å². The highest BCUT2D eigenvalue weighted by atomic mass is 79.9. The first-order chi connectivity index (χ1) is 20.9. The van der Waals surface area contributed by atoms with Gasteiger partial charge in [0.25, 0.3) is 5.91 Å². The van der Waals surface area contributed by atoms with Gasteiger partial charge in [-0.1, -0.05) is 83.4 Å². The molecule has 0 radical (unpaired) electrons. The number of nitrogens with zero attached hydrogens (tertiary/aromatic N) is 1. The lowest BCUT2D eigenvalue weighted by molar-refractivity contribution is -0.131. The topological polar surface area (TPSA) is 95.7 Å². The molecule has 4 aromatic rings. The fourth-order valence-electron chi connectivity index (χ4n) is 4.99. The number of rotatable bonds is 15. The summed E-state index contributed by atoms with van der Waals surface area (Å²) in [6.07, 6.45) is 5.08. The Balaban J connectivity index is 1.46. The van der Waals surface area contributed by atoms with Crippen LogP contribution in [0.2, 0.25) is 0 Å². The third-order valence-corrected chi connectivity index (χ3v) is 7.87. The van der Waals surface area contributed by atoms with Crippen LogP contribution < -0.4 is 11.1 Å². The average molecular weight is 643 g/mol. The van der Waals surface area contributed by atoms with E-state index in [1.807, 2.05) is 83.8 Å². The Morgan fingerprint density at radius 1 is 0.767 bits per heavy atom. The van der Waals surface area contributed by atoms with Crippen molar-refractivity contribution in [2.24, 2.45) is 5.73 Å². The molecular weight excluding hydrogens is 602 g/mol. The van der Waals surface area contributed by atoms with Crippen molar-refractivity contribution in [1.29, 1.82) is 0 Å². The van der Waals surface area contributed by atoms with E-state index in [1.165, 1.54) is 0 Å². The van der Waals surface area contributed by atoms with E-state index in [2.05, 4.69) is 27.3 Å². The molecule has 43 heavy (non-hydrogen) atoms. The summed E-state index contributed by atoms with van der Waals surface area (Å²) in [4.78, 5) is 28.2. The molecule has 0 aliphatic carbocycles. The van der Waals surface area contributed by atoms with Crippen LogP contribution in [0.3, 0.4) is 0 Å². The molecule has 0 saturated carbocycles. The summed E-state index contributed by atoms with van der Waals surface area (Å²) in [6, 6.07) is 30.8. The molecule has 0 atom stereocenters. The van der Waals surface area contributed by atoms with Crippen molar-refractivity contribution in [3.8, 4) is 16.9 Å². The molecule has 4 aromatic carbocycles. The normalized spacial score (nSPS) is 10.8. The molecule has 2 amide bonds. The Hall–Kier alpha value is -3.94. The van der Waals surface area contributed by atoms with E-state index < -0.39 is 0 Å². The van der Waals surface area contributed by atoms with Gasteiger partial charge < -0.3 is 21.1 Å². The molecule has 4 rings (SSSR count). The molecule has 0 fully saturated rings. The molecule has 0 aliphatic heterocycles. The zero-order valence-electron chi connectivity index (χ0n) is 24.5. The number of halogens is 1. The number of unbranched alkanes of at least 4 members (excludes halogenated alkanes) is 3. The highest BCUT2D eigenvalue weighted by Crippen LogP contribution is 2.23. The Labute approximate surface area is 263 Å². The fraction of sp³-hybridized carbons (Fsp3) is 0.278. The molecule has 0 bridgehead atoms. The number of amides is 2. The molecule has 0 spiro atoms. The van der Waals surface area contributed by atoms with Gasteiger partial charge in [-0.2, -0.15) is 0 Å². The predicted molar refractivity (Wildman–Crippen MR) is 177 cm³/mol. The summed E-state index contributed by atoms with van der Waals surface area (Å²) in [5.41, 5.74) is 11.1. The molecule has 0 unspecified atom stereocenters. The summed E-state index contributed by atoms with van der Waals surface area (Å²) in [7, 11) is 0. The van der Waals surface area contributed by atoms with Crippen molar-refractivity contribution in [3.63, 3.8) is 0 Å². The molecule has 0 aliphatic rings. The van der Waals surface area contributed by atoms with E-state index in [0.717, 1.165) is 58.0 Å². The third kappa shape index (κ3) is 10.4. The summed E-state index contributed by atoms with van der Waals surface area (Å²) in [6.45, 7) is 2.37. The number of carbonyl (C=O) groups is 2. The van der Waals surface area contributed by atoms with Gasteiger partial charge in [-0.3, -0.25) is 9.59 Å². The largest absolute Gasteiger partial charge is 0.508 e. The molecular formula is C36H40BrN3O3. The first kappa shape index (κ1) is 32.0. The number of benzene rings is 4. The molecule has 6 nitrogen and oxygen atoms in total. The van der Waals surface area contributed by atoms with Crippen LogP contribution in [0.1, 0.15) is 52.7 Å². The third-order valence-electron chi connectivity index (χ3n) is 7.38. The minimum absolute atomic E-state index is 0.0453. The van der Waals surface area contributed by atoms with Crippen LogP contribution in [0.4, 0.5) is 0 Å². The summed E-state index contributed by atoms with van der Waals surface area (Å²) in [5, 5.41) is 12.7. The fourth-order valence-corrected chi connectivity index (χ4v) is 5.44. The van der Waals surface area contributed by atoms with Crippen LogP contribution in [0.15, 0.2) is 102 Å². The second-order valence-electron chi connectivity index (χ2n) is 10.8. The molecule has 7 heteroatoms. The highest BCUT2D eigenvalue weighted by Gasteiger charge is 2.16. The van der Waals surface area contributed by atoms with Crippen LogP contribution in [-0.4, -0.2) is 41.5 Å². The second kappa shape index (κ2) is 16.6. The first-order valence-electron chi connectivity index (χ1n) is 14.9. The number of hydrogen-bond donors (Lipinski definition) is 3. The maximum Gasteiger partial charge on any atom is 0.251 e. The van der Waals surface area contributed by atoms with Gasteiger partial charge in [-0.25, -0.2) is 0 Å². The van der Waals surface area contributed by atoms with E-state index in [4.69, 9.17) is 5.73 Å². The first-order valence-corrected chi connectivity index (χ1v) is 15.7. The van der Waals surface area contributed by atoms with E-state index in [9.17, 15) is 14.7 Å². The van der Waals surface area contributed by atoms with Crippen molar-refractivity contribution >= 4 is 27.7 Å². The SMILES string of the molecule is NCCCCCCNC(=O)c1cccc(-c2cccc(CN(CCc3ccc(O)cc3)C(=O)Cc3cccc(Br)c3)c2)c1. The minimum atomic E-state index is -0.0737. The van der Waals surface area contributed by atoms with Gasteiger partial charge in [0.15, 0.2) is 0 Å². The maximum atomic E-state index is 13.6. The van der Waals surface area contributed by atoms with E-state index in [0.29, 0.717) is 44.6 Å². The van der Waals surface area contributed by atoms with Gasteiger partial charge in [-0.15, -0.1) is 0 Å². The van der Waals surface area contributed by atoms with Crippen LogP contribution in [0, 0.1) is 0 Å². The number of nitrogens with one attached hydrogen (secondary N) is 1. The highest BCUT2D eigenvalue weighted by molar-refractivity contribution is 9.10. The average Bonchev–Trinajstić information content (AvgIpc) is 3.02. The number of nitrogens with two attached hydrogens (primary N) is 1. The number of phenolic OH excluding ortho intramolecular Hbond substituents is 1. The maximum absolute atomic E-state index is 13.6. The van der Waals surface area contributed by atoms with Crippen LogP contribution >= 0.6 is 15.9 Å². The monoisotopic (exact) mass is 641 g/mol. The zero-order valence-corrected chi connectivity index (χ0v) is 26.1. The Bertz CT molecular complexity index is 1490. The molecule has 4 N–H and O–H groups in total. The minimum Gasteiger partial charge on any atom is -0.508 e. The molecule has 0 saturated heterocycles. The smallest absolute Gasteiger partial charge is 0.251 e. The van der Waals surface area contributed by atoms with Gasteiger partial charge in [0.2, 0.25) is 5.91 Å². The van der Waals surface area contributed by atoms with Gasteiger partial charge in [-0.05, 0) is 96.1 Å². The number of carbonyl (C=O) groups excluding carboxylic acids is 2. The van der Waals surface area contributed by atoms with Crippen LogP contribution in [-0.2, 0) is 24.2 Å². The quantitative estimate of drug-likeness (QED) is 0.123. The van der Waals surface area contributed by atoms with Crippen LogP contribution in [0.5, 0.6) is 5.75 Å². The number of hydrogen-bond acceptors (Lipinski definition) is 4. The van der Waals surface area contributed by atoms with Crippen molar-refractivity contribution in [2.75, 3.05) is 19.6 Å². The lowest BCUT2D eigenvalue weighted by Crippen LogP contribution is -2.33. The number of phenols is 1. The van der Waals surface area contributed by atoms with E-state index >= 15 is 0 Å². The zero-order chi connectivity index (χ0) is 30.4. The Kier molecular flexibility index (Phi) is 12.4. The van der Waals surface area contributed by atoms with Gasteiger partial charge >= 0.3 is 0 Å². The summed E-state index contributed by atoms with van der Waals surface area (Å²) >= 11 is 3.50. The van der Waals surface area contributed by atoms with Crippen molar-refractivity contribution < 1.29 is 14.7 Å². The lowest BCUT2D eigenvalue weighted by Gasteiger charge is -2.24. The van der Waals surface area contributed by atoms with E-state index in [1.54, 1.807) is 12.1 Å². The molecule has 0 aromatic heterocycles. The Morgan fingerprint density at radius 2 is 1.47 bits per heavy atom. The number of aromatic hydroxyl groups is 1. The van der Waals surface area contributed by atoms with E-state index in [-0.39, 0.29) is 17.6 Å².